The number of alkyl halides is 3. The Morgan fingerprint density at radius 1 is 1.07 bits per heavy atom. The van der Waals surface area contributed by atoms with Crippen LogP contribution in [0.25, 0.3) is 0 Å². The predicted octanol–water partition coefficient (Wildman–Crippen LogP) is 2.98. The minimum absolute atomic E-state index is 0.0242. The number of benzene rings is 2. The van der Waals surface area contributed by atoms with E-state index in [0.717, 1.165) is 0 Å². The number of hydrogen-bond donors (Lipinski definition) is 1. The van der Waals surface area contributed by atoms with E-state index in [4.69, 9.17) is 4.74 Å². The molecule has 0 radical (unpaired) electrons. The fourth-order valence-electron chi connectivity index (χ4n) is 2.43. The van der Waals surface area contributed by atoms with Gasteiger partial charge in [0.15, 0.2) is 0 Å². The van der Waals surface area contributed by atoms with Crippen molar-refractivity contribution in [1.29, 1.82) is 0 Å². The van der Waals surface area contributed by atoms with Gasteiger partial charge in [0.1, 0.15) is 11.5 Å². The minimum atomic E-state index is -4.81. The maximum atomic E-state index is 12.5. The van der Waals surface area contributed by atoms with E-state index in [0.29, 0.717) is 5.75 Å². The number of nitrogens with zero attached hydrogens (tertiary/aromatic N) is 1. The van der Waals surface area contributed by atoms with Gasteiger partial charge in [-0.1, -0.05) is 18.2 Å². The van der Waals surface area contributed by atoms with Crippen LogP contribution in [0.5, 0.6) is 11.5 Å². The Labute approximate surface area is 159 Å². The van der Waals surface area contributed by atoms with E-state index in [1.54, 1.807) is 25.2 Å². The molecule has 0 saturated heterocycles. The number of carbonyl (C=O) groups is 2. The number of likely N-dealkylation sites (N-methyl/N-ethyl adjacent to an activating group) is 1. The van der Waals surface area contributed by atoms with Crippen LogP contribution in [0.1, 0.15) is 15.9 Å². The molecule has 2 rings (SSSR count). The number of ether oxygens (including phenoxy) is 2. The fourth-order valence-corrected chi connectivity index (χ4v) is 2.43. The summed E-state index contributed by atoms with van der Waals surface area (Å²) in [5, 5.41) is 2.23. The molecule has 28 heavy (non-hydrogen) atoms. The third-order valence-electron chi connectivity index (χ3n) is 3.66. The monoisotopic (exact) mass is 396 g/mol. The molecule has 0 aromatic heterocycles. The number of imide groups is 1. The van der Waals surface area contributed by atoms with Gasteiger partial charge < -0.3 is 9.47 Å². The molecule has 150 valence electrons. The average molecular weight is 396 g/mol. The summed E-state index contributed by atoms with van der Waals surface area (Å²) in [7, 11) is 3.04. The summed E-state index contributed by atoms with van der Waals surface area (Å²) in [6, 6.07) is 11.9. The normalized spacial score (nSPS) is 11.2. The third-order valence-corrected chi connectivity index (χ3v) is 3.66. The van der Waals surface area contributed by atoms with Crippen LogP contribution in [0, 0.1) is 0 Å². The van der Waals surface area contributed by atoms with Crippen LogP contribution in [0.3, 0.4) is 0 Å². The minimum Gasteiger partial charge on any atom is -0.497 e. The molecule has 2 amide bonds. The van der Waals surface area contributed by atoms with E-state index in [-0.39, 0.29) is 30.0 Å². The van der Waals surface area contributed by atoms with Gasteiger partial charge in [-0.2, -0.15) is 0 Å². The molecule has 2 aromatic rings. The summed E-state index contributed by atoms with van der Waals surface area (Å²) in [6.45, 7) is -0.168. The van der Waals surface area contributed by atoms with Crippen LogP contribution in [0.15, 0.2) is 48.5 Å². The zero-order valence-electron chi connectivity index (χ0n) is 15.2. The second-order valence-corrected chi connectivity index (χ2v) is 5.93. The van der Waals surface area contributed by atoms with Gasteiger partial charge in [0.05, 0.1) is 13.7 Å². The summed E-state index contributed by atoms with van der Waals surface area (Å²) < 4.78 is 46.4. The first-order valence-electron chi connectivity index (χ1n) is 8.18. The van der Waals surface area contributed by atoms with Crippen molar-refractivity contribution in [3.63, 3.8) is 0 Å². The molecule has 0 heterocycles. The molecule has 9 heteroatoms. The average Bonchev–Trinajstić information content (AvgIpc) is 2.62. The van der Waals surface area contributed by atoms with Crippen LogP contribution in [0.4, 0.5) is 13.2 Å². The first-order valence-corrected chi connectivity index (χ1v) is 8.18. The van der Waals surface area contributed by atoms with Crippen LogP contribution in [-0.4, -0.2) is 43.8 Å². The summed E-state index contributed by atoms with van der Waals surface area (Å²) in [5.41, 5.74) is 0.539. The second kappa shape index (κ2) is 9.23. The molecule has 0 aliphatic rings. The lowest BCUT2D eigenvalue weighted by molar-refractivity contribution is -0.275. The predicted molar refractivity (Wildman–Crippen MR) is 94.9 cm³/mol. The number of hydrogen-bond acceptors (Lipinski definition) is 5. The maximum Gasteiger partial charge on any atom is 0.573 e. The van der Waals surface area contributed by atoms with Crippen LogP contribution >= 0.6 is 0 Å². The Hall–Kier alpha value is -3.07. The Morgan fingerprint density at radius 2 is 1.71 bits per heavy atom. The van der Waals surface area contributed by atoms with Gasteiger partial charge in [0, 0.05) is 17.7 Å². The highest BCUT2D eigenvalue weighted by Gasteiger charge is 2.32. The lowest BCUT2D eigenvalue weighted by Crippen LogP contribution is -2.38. The highest BCUT2D eigenvalue weighted by molar-refractivity contribution is 6.05. The zero-order chi connectivity index (χ0) is 20.7. The summed E-state index contributed by atoms with van der Waals surface area (Å²) in [5.74, 6) is -0.932. The van der Waals surface area contributed by atoms with E-state index in [1.807, 2.05) is 0 Å². The molecule has 1 N–H and O–H groups in total. The molecule has 0 aliphatic carbocycles. The first kappa shape index (κ1) is 21.2. The molecular weight excluding hydrogens is 377 g/mol. The van der Waals surface area contributed by atoms with Crippen LogP contribution < -0.4 is 14.8 Å². The molecule has 0 spiro atoms. The van der Waals surface area contributed by atoms with Crippen LogP contribution in [-0.2, 0) is 11.3 Å². The van der Waals surface area contributed by atoms with Crippen molar-refractivity contribution in [3.05, 3.63) is 59.7 Å². The third kappa shape index (κ3) is 6.58. The maximum absolute atomic E-state index is 12.5. The van der Waals surface area contributed by atoms with Gasteiger partial charge in [-0.25, -0.2) is 0 Å². The highest BCUT2D eigenvalue weighted by atomic mass is 19.4. The molecule has 0 unspecified atom stereocenters. The summed E-state index contributed by atoms with van der Waals surface area (Å²) in [6.07, 6.45) is -4.81. The number of para-hydroxylation sites is 1. The standard InChI is InChI=1S/C19H19F3N2O4/c1-24(11-14-5-3-4-6-16(14)28-19(20,21)22)12-17(25)23-18(26)13-7-9-15(27-2)10-8-13/h3-10H,11-12H2,1-2H3,(H,23,25,26). The van der Waals surface area contributed by atoms with Crippen molar-refractivity contribution in [1.82, 2.24) is 10.2 Å². The molecule has 0 aliphatic heterocycles. The van der Waals surface area contributed by atoms with Gasteiger partial charge >= 0.3 is 6.36 Å². The molecular formula is C19H19F3N2O4. The lowest BCUT2D eigenvalue weighted by Gasteiger charge is -2.19. The van der Waals surface area contributed by atoms with E-state index in [2.05, 4.69) is 10.1 Å². The number of nitrogens with one attached hydrogen (secondary N) is 1. The molecule has 2 aromatic carbocycles. The number of methoxy groups -OCH3 is 1. The second-order valence-electron chi connectivity index (χ2n) is 5.93. The van der Waals surface area contributed by atoms with Gasteiger partial charge in [0.2, 0.25) is 5.91 Å². The molecule has 0 fully saturated rings. The number of carbonyl (C=O) groups excluding carboxylic acids is 2. The zero-order valence-corrected chi connectivity index (χ0v) is 15.2. The van der Waals surface area contributed by atoms with E-state index in [1.165, 1.54) is 42.3 Å². The van der Waals surface area contributed by atoms with E-state index in [9.17, 15) is 22.8 Å². The Morgan fingerprint density at radius 3 is 2.32 bits per heavy atom. The number of rotatable bonds is 7. The molecule has 0 atom stereocenters. The largest absolute Gasteiger partial charge is 0.573 e. The highest BCUT2D eigenvalue weighted by Crippen LogP contribution is 2.26. The van der Waals surface area contributed by atoms with Gasteiger partial charge in [0.25, 0.3) is 5.91 Å². The topological polar surface area (TPSA) is 67.9 Å². The van der Waals surface area contributed by atoms with Crippen molar-refractivity contribution < 1.29 is 32.2 Å². The quantitative estimate of drug-likeness (QED) is 0.780. The van der Waals surface area contributed by atoms with Crippen LogP contribution in [0.2, 0.25) is 0 Å². The SMILES string of the molecule is COc1ccc(C(=O)NC(=O)CN(C)Cc2ccccc2OC(F)(F)F)cc1. The lowest BCUT2D eigenvalue weighted by atomic mass is 10.2. The van der Waals surface area contributed by atoms with Crippen molar-refractivity contribution in [2.75, 3.05) is 20.7 Å². The van der Waals surface area contributed by atoms with Gasteiger partial charge in [-0.05, 0) is 37.4 Å². The fraction of sp³-hybridized carbons (Fsp3) is 0.263. The van der Waals surface area contributed by atoms with E-state index < -0.39 is 18.2 Å². The Balaban J connectivity index is 1.93. The molecule has 0 bridgehead atoms. The molecule has 0 saturated carbocycles. The summed E-state index contributed by atoms with van der Waals surface area (Å²) in [4.78, 5) is 25.6. The number of amides is 2. The smallest absolute Gasteiger partial charge is 0.497 e. The first-order chi connectivity index (χ1) is 13.2. The van der Waals surface area contributed by atoms with Crippen molar-refractivity contribution in [2.24, 2.45) is 0 Å². The van der Waals surface area contributed by atoms with Crippen molar-refractivity contribution in [2.45, 2.75) is 12.9 Å². The van der Waals surface area contributed by atoms with Gasteiger partial charge in [-0.15, -0.1) is 13.2 Å². The Bertz CT molecular complexity index is 823. The number of halogens is 3. The Kier molecular flexibility index (Phi) is 7.00. The van der Waals surface area contributed by atoms with Gasteiger partial charge in [-0.3, -0.25) is 19.8 Å². The summed E-state index contributed by atoms with van der Waals surface area (Å²) >= 11 is 0. The van der Waals surface area contributed by atoms with E-state index >= 15 is 0 Å². The van der Waals surface area contributed by atoms with Crippen molar-refractivity contribution in [3.8, 4) is 11.5 Å². The van der Waals surface area contributed by atoms with Crippen molar-refractivity contribution >= 4 is 11.8 Å². The molecule has 6 nitrogen and oxygen atoms in total.